The monoisotopic (exact) mass is 270 g/mol. The molecule has 0 aliphatic carbocycles. The lowest BCUT2D eigenvalue weighted by Crippen LogP contribution is -2.34. The number of aliphatic hydroxyl groups is 1. The van der Waals surface area contributed by atoms with E-state index in [1.807, 2.05) is 13.0 Å². The van der Waals surface area contributed by atoms with Gasteiger partial charge < -0.3 is 10.4 Å². The number of nitrogens with zero attached hydrogens (tertiary/aromatic N) is 1. The van der Waals surface area contributed by atoms with Gasteiger partial charge >= 0.3 is 0 Å². The number of nitrogens with one attached hydrogen (secondary N) is 1. The average molecular weight is 271 g/mol. The fourth-order valence-corrected chi connectivity index (χ4v) is 1.87. The van der Waals surface area contributed by atoms with Crippen LogP contribution in [-0.2, 0) is 4.79 Å². The van der Waals surface area contributed by atoms with Crippen molar-refractivity contribution < 1.29 is 9.90 Å². The summed E-state index contributed by atoms with van der Waals surface area (Å²) in [5.74, 6) is -0.122. The molecule has 1 rings (SSSR count). The highest BCUT2D eigenvalue weighted by Crippen LogP contribution is 2.22. The second-order valence-corrected chi connectivity index (χ2v) is 4.91. The molecule has 0 heterocycles. The maximum Gasteiger partial charge on any atom is 0.238 e. The fraction of sp³-hybridized carbons (Fsp3) is 0.462. The molecule has 100 valence electrons. The molecule has 1 aromatic carbocycles. The second-order valence-electron chi connectivity index (χ2n) is 4.51. The molecule has 0 aromatic heterocycles. The predicted molar refractivity (Wildman–Crippen MR) is 74.0 cm³/mol. The van der Waals surface area contributed by atoms with Gasteiger partial charge in [-0.25, -0.2) is 0 Å². The van der Waals surface area contributed by atoms with E-state index < -0.39 is 6.10 Å². The minimum atomic E-state index is -0.448. The molecule has 5 heteroatoms. The van der Waals surface area contributed by atoms with E-state index in [2.05, 4.69) is 5.32 Å². The van der Waals surface area contributed by atoms with Crippen LogP contribution in [0.3, 0.4) is 0 Å². The highest BCUT2D eigenvalue weighted by Gasteiger charge is 2.10. The van der Waals surface area contributed by atoms with Crippen LogP contribution in [0.4, 0.5) is 5.69 Å². The van der Waals surface area contributed by atoms with Crippen LogP contribution < -0.4 is 5.32 Å². The third-order valence-electron chi connectivity index (χ3n) is 2.53. The smallest absolute Gasteiger partial charge is 0.238 e. The van der Waals surface area contributed by atoms with Crippen LogP contribution in [0.2, 0.25) is 5.02 Å². The standard InChI is InChI=1S/C13H19ClN2O2/c1-9(17)7-16(3)8-13(18)15-12-6-4-5-11(14)10(12)2/h4-6,9,17H,7-8H2,1-3H3,(H,15,18). The quantitative estimate of drug-likeness (QED) is 0.859. The van der Waals surface area contributed by atoms with Gasteiger partial charge in [0.15, 0.2) is 0 Å². The Kier molecular flexibility index (Phi) is 5.59. The van der Waals surface area contributed by atoms with Crippen LogP contribution in [0.1, 0.15) is 12.5 Å². The molecule has 1 unspecified atom stereocenters. The van der Waals surface area contributed by atoms with Crippen molar-refractivity contribution in [3.63, 3.8) is 0 Å². The summed E-state index contributed by atoms with van der Waals surface area (Å²) >= 11 is 5.98. The number of rotatable bonds is 5. The van der Waals surface area contributed by atoms with Crippen LogP contribution in [0.5, 0.6) is 0 Å². The van der Waals surface area contributed by atoms with Crippen molar-refractivity contribution in [3.05, 3.63) is 28.8 Å². The van der Waals surface area contributed by atoms with E-state index in [9.17, 15) is 9.90 Å². The van der Waals surface area contributed by atoms with E-state index in [4.69, 9.17) is 11.6 Å². The highest BCUT2D eigenvalue weighted by molar-refractivity contribution is 6.31. The van der Waals surface area contributed by atoms with E-state index in [-0.39, 0.29) is 12.5 Å². The van der Waals surface area contributed by atoms with Crippen LogP contribution in [0, 0.1) is 6.92 Å². The molecule has 0 aliphatic rings. The highest BCUT2D eigenvalue weighted by atomic mass is 35.5. The third-order valence-corrected chi connectivity index (χ3v) is 2.94. The van der Waals surface area contributed by atoms with Crippen LogP contribution in [0.15, 0.2) is 18.2 Å². The normalized spacial score (nSPS) is 12.6. The Hall–Kier alpha value is -1.10. The van der Waals surface area contributed by atoms with Gasteiger partial charge in [0, 0.05) is 17.3 Å². The molecule has 1 aromatic rings. The lowest BCUT2D eigenvalue weighted by molar-refractivity contribution is -0.117. The van der Waals surface area contributed by atoms with Crippen molar-refractivity contribution in [2.75, 3.05) is 25.5 Å². The molecule has 2 N–H and O–H groups in total. The maximum absolute atomic E-state index is 11.8. The van der Waals surface area contributed by atoms with Crippen LogP contribution >= 0.6 is 11.6 Å². The Morgan fingerprint density at radius 3 is 2.83 bits per heavy atom. The van der Waals surface area contributed by atoms with Crippen molar-refractivity contribution >= 4 is 23.2 Å². The van der Waals surface area contributed by atoms with Gasteiger partial charge in [0.05, 0.1) is 12.6 Å². The summed E-state index contributed by atoms with van der Waals surface area (Å²) in [7, 11) is 1.79. The lowest BCUT2D eigenvalue weighted by Gasteiger charge is -2.18. The average Bonchev–Trinajstić information content (AvgIpc) is 2.23. The molecule has 0 aliphatic heterocycles. The van der Waals surface area contributed by atoms with Crippen LogP contribution in [-0.4, -0.2) is 42.2 Å². The van der Waals surface area contributed by atoms with Crippen molar-refractivity contribution in [2.45, 2.75) is 20.0 Å². The van der Waals surface area contributed by atoms with Gasteiger partial charge in [-0.15, -0.1) is 0 Å². The Bertz CT molecular complexity index is 421. The molecule has 0 saturated carbocycles. The number of carbonyl (C=O) groups excluding carboxylic acids is 1. The molecule has 0 radical (unpaired) electrons. The molecular formula is C13H19ClN2O2. The first-order valence-corrected chi connectivity index (χ1v) is 6.19. The summed E-state index contributed by atoms with van der Waals surface area (Å²) in [4.78, 5) is 13.6. The van der Waals surface area contributed by atoms with E-state index >= 15 is 0 Å². The zero-order valence-electron chi connectivity index (χ0n) is 10.9. The van der Waals surface area contributed by atoms with Crippen molar-refractivity contribution in [1.82, 2.24) is 4.90 Å². The molecule has 0 saturated heterocycles. The maximum atomic E-state index is 11.8. The summed E-state index contributed by atoms with van der Waals surface area (Å²) < 4.78 is 0. The Morgan fingerprint density at radius 1 is 1.56 bits per heavy atom. The number of carbonyl (C=O) groups is 1. The Balaban J connectivity index is 2.57. The summed E-state index contributed by atoms with van der Waals surface area (Å²) in [5.41, 5.74) is 1.57. The summed E-state index contributed by atoms with van der Waals surface area (Å²) in [6.45, 7) is 4.24. The first-order chi connectivity index (χ1) is 8.40. The summed E-state index contributed by atoms with van der Waals surface area (Å²) in [5, 5.41) is 12.7. The summed E-state index contributed by atoms with van der Waals surface area (Å²) in [6.07, 6.45) is -0.448. The van der Waals surface area contributed by atoms with E-state index in [1.54, 1.807) is 31.0 Å². The SMILES string of the molecule is Cc1c(Cl)cccc1NC(=O)CN(C)CC(C)O. The topological polar surface area (TPSA) is 52.6 Å². The first-order valence-electron chi connectivity index (χ1n) is 5.81. The van der Waals surface area contributed by atoms with Crippen molar-refractivity contribution in [3.8, 4) is 0 Å². The Labute approximate surface area is 113 Å². The van der Waals surface area contributed by atoms with Gasteiger partial charge in [-0.05, 0) is 38.6 Å². The minimum Gasteiger partial charge on any atom is -0.392 e. The van der Waals surface area contributed by atoms with E-state index in [0.29, 0.717) is 11.6 Å². The number of amides is 1. The third kappa shape index (κ3) is 4.64. The number of hydrogen-bond donors (Lipinski definition) is 2. The van der Waals surface area contributed by atoms with Gasteiger partial charge in [-0.1, -0.05) is 17.7 Å². The van der Waals surface area contributed by atoms with E-state index in [0.717, 1.165) is 11.3 Å². The minimum absolute atomic E-state index is 0.122. The van der Waals surface area contributed by atoms with Gasteiger partial charge in [0.25, 0.3) is 0 Å². The number of anilines is 1. The number of benzene rings is 1. The van der Waals surface area contributed by atoms with Gasteiger partial charge in [-0.3, -0.25) is 9.69 Å². The first kappa shape index (κ1) is 15.0. The Morgan fingerprint density at radius 2 is 2.22 bits per heavy atom. The molecule has 0 fully saturated rings. The van der Waals surface area contributed by atoms with Crippen molar-refractivity contribution in [2.24, 2.45) is 0 Å². The van der Waals surface area contributed by atoms with Crippen LogP contribution in [0.25, 0.3) is 0 Å². The fourth-order valence-electron chi connectivity index (χ4n) is 1.69. The molecule has 4 nitrogen and oxygen atoms in total. The zero-order chi connectivity index (χ0) is 13.7. The lowest BCUT2D eigenvalue weighted by atomic mass is 10.2. The van der Waals surface area contributed by atoms with Gasteiger partial charge in [-0.2, -0.15) is 0 Å². The van der Waals surface area contributed by atoms with Crippen molar-refractivity contribution in [1.29, 1.82) is 0 Å². The molecule has 1 atom stereocenters. The molecule has 18 heavy (non-hydrogen) atoms. The second kappa shape index (κ2) is 6.73. The largest absolute Gasteiger partial charge is 0.392 e. The number of hydrogen-bond acceptors (Lipinski definition) is 3. The molecule has 0 bridgehead atoms. The number of aliphatic hydroxyl groups excluding tert-OH is 1. The molecular weight excluding hydrogens is 252 g/mol. The number of likely N-dealkylation sites (N-methyl/N-ethyl adjacent to an activating group) is 1. The van der Waals surface area contributed by atoms with Gasteiger partial charge in [0.1, 0.15) is 0 Å². The zero-order valence-corrected chi connectivity index (χ0v) is 11.7. The predicted octanol–water partition coefficient (Wildman–Crippen LogP) is 1.90. The number of halogens is 1. The van der Waals surface area contributed by atoms with Gasteiger partial charge in [0.2, 0.25) is 5.91 Å². The summed E-state index contributed by atoms with van der Waals surface area (Å²) in [6, 6.07) is 5.39. The molecule has 1 amide bonds. The molecule has 0 spiro atoms. The van der Waals surface area contributed by atoms with E-state index in [1.165, 1.54) is 0 Å².